The van der Waals surface area contributed by atoms with Gasteiger partial charge in [0.15, 0.2) is 11.9 Å². The van der Waals surface area contributed by atoms with Gasteiger partial charge in [0, 0.05) is 49.8 Å². The molecule has 17 nitrogen and oxygen atoms in total. The third-order valence-corrected chi connectivity index (χ3v) is 12.7. The monoisotopic (exact) mass is 918 g/mol. The molecule has 0 aliphatic carbocycles. The number of cyclic esters (lactones) is 1. The van der Waals surface area contributed by atoms with Gasteiger partial charge in [0.1, 0.15) is 12.2 Å². The topological polar surface area (TPSA) is 240 Å². The van der Waals surface area contributed by atoms with Gasteiger partial charge in [-0.25, -0.2) is 14.4 Å². The number of allylic oxidation sites excluding steroid dienone is 3. The Kier molecular flexibility index (Phi) is 18.9. The first-order valence-electron chi connectivity index (χ1n) is 22.4. The summed E-state index contributed by atoms with van der Waals surface area (Å²) in [6.45, 7) is 11.3. The summed E-state index contributed by atoms with van der Waals surface area (Å²) >= 11 is 0. The lowest BCUT2D eigenvalue weighted by Gasteiger charge is -2.53. The van der Waals surface area contributed by atoms with Crippen molar-refractivity contribution in [3.8, 4) is 0 Å². The lowest BCUT2D eigenvalue weighted by molar-refractivity contribution is -0.347. The zero-order valence-corrected chi connectivity index (χ0v) is 39.2. The fraction of sp³-hybridized carbons (Fsp3) is 0.688. The van der Waals surface area contributed by atoms with Crippen molar-refractivity contribution in [3.63, 3.8) is 0 Å². The van der Waals surface area contributed by atoms with E-state index in [1.807, 2.05) is 13.0 Å². The van der Waals surface area contributed by atoms with Gasteiger partial charge in [-0.2, -0.15) is 0 Å². The quantitative estimate of drug-likeness (QED) is 0.0808. The Labute approximate surface area is 381 Å². The van der Waals surface area contributed by atoms with Crippen molar-refractivity contribution < 1.29 is 82.3 Å². The third kappa shape index (κ3) is 14.1. The van der Waals surface area contributed by atoms with E-state index >= 15 is 0 Å². The van der Waals surface area contributed by atoms with Gasteiger partial charge in [0.2, 0.25) is 5.79 Å². The highest BCUT2D eigenvalue weighted by Gasteiger charge is 2.59. The Balaban J connectivity index is 1.88. The molecule has 4 aliphatic rings. The highest BCUT2D eigenvalue weighted by molar-refractivity contribution is 5.85. The van der Waals surface area contributed by atoms with Crippen molar-refractivity contribution in [1.29, 1.82) is 0 Å². The average molecular weight is 919 g/mol. The molecule has 17 heteroatoms. The average Bonchev–Trinajstić information content (AvgIpc) is 3.21. The van der Waals surface area contributed by atoms with Crippen molar-refractivity contribution in [2.45, 2.75) is 186 Å². The van der Waals surface area contributed by atoms with Crippen LogP contribution in [0.3, 0.4) is 0 Å². The molecule has 3 saturated heterocycles. The van der Waals surface area contributed by atoms with E-state index in [1.54, 1.807) is 45.9 Å². The molecule has 0 aromatic carbocycles. The van der Waals surface area contributed by atoms with Crippen LogP contribution in [-0.2, 0) is 61.9 Å². The Bertz CT molecular complexity index is 1840. The second-order valence-corrected chi connectivity index (χ2v) is 18.6. The summed E-state index contributed by atoms with van der Waals surface area (Å²) in [7, 11) is 2.41. The van der Waals surface area contributed by atoms with Crippen LogP contribution in [0.1, 0.15) is 119 Å². The van der Waals surface area contributed by atoms with Crippen LogP contribution in [-0.4, -0.2) is 131 Å². The number of aliphatic hydroxyl groups is 4. The Morgan fingerprint density at radius 2 is 1.57 bits per heavy atom. The van der Waals surface area contributed by atoms with Crippen molar-refractivity contribution >= 4 is 29.8 Å². The van der Waals surface area contributed by atoms with Gasteiger partial charge in [-0.15, -0.1) is 0 Å². The molecule has 0 amide bonds. The van der Waals surface area contributed by atoms with Gasteiger partial charge in [-0.1, -0.05) is 77.0 Å². The van der Waals surface area contributed by atoms with Crippen molar-refractivity contribution in [2.75, 3.05) is 14.2 Å². The number of rotatable bonds is 9. The number of fused-ring (bicyclic) bond motifs is 6. The molecule has 11 atom stereocenters. The minimum Gasteiger partial charge on any atom is -0.466 e. The number of carbonyl (C=O) groups excluding carboxylic acids is 5. The number of aliphatic hydroxyl groups excluding tert-OH is 2. The van der Waals surface area contributed by atoms with E-state index in [0.29, 0.717) is 5.57 Å². The van der Waals surface area contributed by atoms with Crippen LogP contribution in [0, 0.1) is 10.8 Å². The number of hydrogen-bond acceptors (Lipinski definition) is 17. The molecule has 0 aromatic heterocycles. The summed E-state index contributed by atoms with van der Waals surface area (Å²) in [4.78, 5) is 64.7. The van der Waals surface area contributed by atoms with E-state index < -0.39 is 114 Å². The van der Waals surface area contributed by atoms with Crippen LogP contribution in [0.5, 0.6) is 0 Å². The number of unbranched alkanes of at least 4 members (excludes halogenated alkanes) is 1. The highest BCUT2D eigenvalue weighted by atomic mass is 16.7. The minimum atomic E-state index is -2.47. The molecule has 0 unspecified atom stereocenters. The molecule has 0 saturated carbocycles. The molecule has 0 spiro atoms. The van der Waals surface area contributed by atoms with E-state index in [9.17, 15) is 44.4 Å². The number of carbonyl (C=O) groups is 5. The molecule has 3 fully saturated rings. The largest absolute Gasteiger partial charge is 0.466 e. The number of esters is 5. The van der Waals surface area contributed by atoms with Crippen LogP contribution in [0.2, 0.25) is 0 Å². The normalized spacial score (nSPS) is 35.6. The Morgan fingerprint density at radius 3 is 2.22 bits per heavy atom. The van der Waals surface area contributed by atoms with Crippen LogP contribution >= 0.6 is 0 Å². The molecular weight excluding hydrogens is 849 g/mol. The standard InChI is InChI=1S/C48H70O17/c1-10-11-12-13-14-15-40(52)63-44-32(24-42(54)59-9)23-36-26-38(29(2)49)62-43(55)25-33(51)16-17-35-27-39(60-30(3)50)46(6,7)47(56,64-35)28-37-21-31(22-41(53)58-8)20-34(61-37)18-19-45(4,5)48(44,57)65-36/h12-15,18-19,22,24,29,33-39,44,49,51,56-57H,10-11,16-17,20-21,23,25-28H2,1-9H3/b13-12+,15-14+,19-18+,31-22+,32-24+/t29-,33-,34+,35-,36+,37+,38-,39+,44+,47+,48-/m1/s1. The van der Waals surface area contributed by atoms with Crippen molar-refractivity contribution in [3.05, 3.63) is 59.8 Å². The lowest BCUT2D eigenvalue weighted by Crippen LogP contribution is -2.62. The first kappa shape index (κ1) is 53.4. The summed E-state index contributed by atoms with van der Waals surface area (Å²) in [5, 5.41) is 47.4. The molecule has 4 rings (SSSR count). The molecule has 364 valence electrons. The van der Waals surface area contributed by atoms with Crippen LogP contribution < -0.4 is 0 Å². The summed E-state index contributed by atoms with van der Waals surface area (Å²) < 4.78 is 46.8. The zero-order valence-electron chi connectivity index (χ0n) is 39.2. The summed E-state index contributed by atoms with van der Waals surface area (Å²) in [6, 6.07) is 0. The number of hydrogen-bond donors (Lipinski definition) is 4. The van der Waals surface area contributed by atoms with E-state index in [2.05, 4.69) is 0 Å². The third-order valence-electron chi connectivity index (χ3n) is 12.7. The minimum absolute atomic E-state index is 0.0150. The van der Waals surface area contributed by atoms with Crippen molar-refractivity contribution in [1.82, 2.24) is 0 Å². The summed E-state index contributed by atoms with van der Waals surface area (Å²) in [5.41, 5.74) is -2.00. The second kappa shape index (κ2) is 23.0. The smallest absolute Gasteiger partial charge is 0.331 e. The molecule has 4 aliphatic heterocycles. The zero-order chi connectivity index (χ0) is 48.3. The van der Waals surface area contributed by atoms with Gasteiger partial charge in [-0.05, 0) is 51.0 Å². The predicted molar refractivity (Wildman–Crippen MR) is 233 cm³/mol. The fourth-order valence-electron chi connectivity index (χ4n) is 8.70. The Hall–Kier alpha value is -4.23. The van der Waals surface area contributed by atoms with E-state index in [4.69, 9.17) is 37.9 Å². The first-order chi connectivity index (χ1) is 30.4. The van der Waals surface area contributed by atoms with Gasteiger partial charge in [0.05, 0.1) is 62.7 Å². The maximum atomic E-state index is 13.4. The highest BCUT2D eigenvalue weighted by Crippen LogP contribution is 2.50. The molecule has 0 radical (unpaired) electrons. The molecule has 4 N–H and O–H groups in total. The molecule has 65 heavy (non-hydrogen) atoms. The molecule has 0 aromatic rings. The maximum Gasteiger partial charge on any atom is 0.331 e. The maximum absolute atomic E-state index is 13.4. The van der Waals surface area contributed by atoms with E-state index in [1.165, 1.54) is 39.2 Å². The fourth-order valence-corrected chi connectivity index (χ4v) is 8.70. The lowest BCUT2D eigenvalue weighted by atomic mass is 9.70. The van der Waals surface area contributed by atoms with Crippen molar-refractivity contribution in [2.24, 2.45) is 10.8 Å². The molecular formula is C48H70O17. The first-order valence-corrected chi connectivity index (χ1v) is 22.4. The second-order valence-electron chi connectivity index (χ2n) is 18.6. The summed E-state index contributed by atoms with van der Waals surface area (Å²) in [6.07, 6.45) is 3.66. The SMILES string of the molecule is CCC/C=C/C=C/C(=O)O[C@H]1/C(=C/C(=O)OC)C[C@H]2C[C@H]([C@@H](C)O)OC(=O)C[C@H](O)CC[C@@H]3C[C@H](OC(C)=O)C(C)(C)[C@](O)(C[C@@H]4C/C(=C/C(=O)OC)C[C@H](/C=C/C(C)(C)[C@]1(O)O2)O4)O3. The van der Waals surface area contributed by atoms with Crippen LogP contribution in [0.25, 0.3) is 0 Å². The molecule has 6 bridgehead atoms. The van der Waals surface area contributed by atoms with Gasteiger partial charge in [-0.3, -0.25) is 9.59 Å². The van der Waals surface area contributed by atoms with Gasteiger partial charge in [0.25, 0.3) is 0 Å². The number of ether oxygens (including phenoxy) is 8. The van der Waals surface area contributed by atoms with Gasteiger partial charge >= 0.3 is 29.8 Å². The van der Waals surface area contributed by atoms with E-state index in [-0.39, 0.29) is 56.9 Å². The Morgan fingerprint density at radius 1 is 0.877 bits per heavy atom. The summed E-state index contributed by atoms with van der Waals surface area (Å²) in [5.74, 6) is -8.16. The van der Waals surface area contributed by atoms with E-state index in [0.717, 1.165) is 26.0 Å². The van der Waals surface area contributed by atoms with Crippen LogP contribution in [0.15, 0.2) is 59.8 Å². The predicted octanol–water partition coefficient (Wildman–Crippen LogP) is 4.67. The number of methoxy groups -OCH3 is 2. The van der Waals surface area contributed by atoms with Gasteiger partial charge < -0.3 is 58.3 Å². The van der Waals surface area contributed by atoms with Crippen LogP contribution in [0.4, 0.5) is 0 Å². The molecule has 4 heterocycles.